The van der Waals surface area contributed by atoms with E-state index in [1.54, 1.807) is 36.4 Å². The van der Waals surface area contributed by atoms with Gasteiger partial charge in [0.25, 0.3) is 5.91 Å². The van der Waals surface area contributed by atoms with Crippen molar-refractivity contribution in [2.24, 2.45) is 0 Å². The van der Waals surface area contributed by atoms with Gasteiger partial charge in [-0.1, -0.05) is 40.2 Å². The van der Waals surface area contributed by atoms with Gasteiger partial charge in [0.2, 0.25) is 0 Å². The van der Waals surface area contributed by atoms with Crippen LogP contribution in [0.1, 0.15) is 21.6 Å². The van der Waals surface area contributed by atoms with Gasteiger partial charge in [0.15, 0.2) is 0 Å². The topological polar surface area (TPSA) is 113 Å². The zero-order valence-electron chi connectivity index (χ0n) is 18.2. The fourth-order valence-corrected chi connectivity index (χ4v) is 3.89. The molecule has 4 aromatic rings. The van der Waals surface area contributed by atoms with Crippen LogP contribution in [0.15, 0.2) is 71.5 Å². The van der Waals surface area contributed by atoms with Gasteiger partial charge in [0.05, 0.1) is 18.0 Å². The Hall–Kier alpha value is -3.98. The van der Waals surface area contributed by atoms with E-state index < -0.39 is 6.09 Å². The second-order valence-electron chi connectivity index (χ2n) is 7.48. The molecule has 0 aliphatic heterocycles. The van der Waals surface area contributed by atoms with Gasteiger partial charge in [-0.15, -0.1) is 0 Å². The second-order valence-corrected chi connectivity index (χ2v) is 8.40. The molecule has 0 atom stereocenters. The number of carboxylic acid groups (broad SMARTS) is 1. The molecule has 4 rings (SSSR count). The number of benzene rings is 3. The predicted molar refractivity (Wildman–Crippen MR) is 134 cm³/mol. The second kappa shape index (κ2) is 10.3. The lowest BCUT2D eigenvalue weighted by atomic mass is 10.1. The first-order valence-corrected chi connectivity index (χ1v) is 11.2. The standard InChI is InChI=1S/C25H21BrN4O4/c1-15-19-12-18(26)13-22(23(19)28-14-27-15)34-11-10-16-6-8-17(9-7-16)24(31)29-20-4-2-3-5-21(20)30-25(32)33/h2-9,12-14,30H,10-11H2,1H3,(H,29,31)(H,32,33). The van der Waals surface area contributed by atoms with E-state index in [1.807, 2.05) is 31.2 Å². The highest BCUT2D eigenvalue weighted by Gasteiger charge is 2.11. The Morgan fingerprint density at radius 1 is 1.00 bits per heavy atom. The van der Waals surface area contributed by atoms with E-state index in [9.17, 15) is 9.59 Å². The lowest BCUT2D eigenvalue weighted by Crippen LogP contribution is -2.15. The Bertz CT molecular complexity index is 1360. The van der Waals surface area contributed by atoms with Crippen LogP contribution in [0.3, 0.4) is 0 Å². The molecular formula is C25H21BrN4O4. The molecule has 9 heteroatoms. The first kappa shape index (κ1) is 23.2. The number of para-hydroxylation sites is 2. The molecule has 34 heavy (non-hydrogen) atoms. The smallest absolute Gasteiger partial charge is 0.409 e. The minimum atomic E-state index is -1.20. The van der Waals surface area contributed by atoms with Crippen molar-refractivity contribution in [1.82, 2.24) is 9.97 Å². The average molecular weight is 521 g/mol. The number of halogens is 1. The van der Waals surface area contributed by atoms with Gasteiger partial charge in [0, 0.05) is 27.5 Å². The van der Waals surface area contributed by atoms with Crippen molar-refractivity contribution in [1.29, 1.82) is 0 Å². The number of fused-ring (bicyclic) bond motifs is 1. The van der Waals surface area contributed by atoms with Crippen molar-refractivity contribution < 1.29 is 19.4 Å². The van der Waals surface area contributed by atoms with Crippen LogP contribution in [0.4, 0.5) is 16.2 Å². The van der Waals surface area contributed by atoms with Gasteiger partial charge in [-0.3, -0.25) is 10.1 Å². The van der Waals surface area contributed by atoms with Crippen molar-refractivity contribution >= 4 is 50.2 Å². The summed E-state index contributed by atoms with van der Waals surface area (Å²) in [6.45, 7) is 2.37. The van der Waals surface area contributed by atoms with Crippen LogP contribution in [-0.2, 0) is 6.42 Å². The number of hydrogen-bond acceptors (Lipinski definition) is 5. The molecule has 0 fully saturated rings. The lowest BCUT2D eigenvalue weighted by Gasteiger charge is -2.12. The fraction of sp³-hybridized carbons (Fsp3) is 0.120. The maximum Gasteiger partial charge on any atom is 0.409 e. The van der Waals surface area contributed by atoms with E-state index in [1.165, 1.54) is 6.33 Å². The molecule has 8 nitrogen and oxygen atoms in total. The first-order chi connectivity index (χ1) is 16.4. The van der Waals surface area contributed by atoms with Crippen LogP contribution in [0, 0.1) is 6.92 Å². The number of rotatable bonds is 7. The quantitative estimate of drug-likeness (QED) is 0.289. The summed E-state index contributed by atoms with van der Waals surface area (Å²) >= 11 is 3.51. The number of anilines is 2. The van der Waals surface area contributed by atoms with Crippen molar-refractivity contribution in [3.8, 4) is 5.75 Å². The van der Waals surface area contributed by atoms with Crippen LogP contribution in [-0.4, -0.2) is 33.7 Å². The number of aryl methyl sites for hydroxylation is 1. The van der Waals surface area contributed by atoms with Crippen molar-refractivity contribution in [3.05, 3.63) is 88.3 Å². The van der Waals surface area contributed by atoms with Crippen molar-refractivity contribution in [3.63, 3.8) is 0 Å². The highest BCUT2D eigenvalue weighted by molar-refractivity contribution is 9.10. The fourth-order valence-electron chi connectivity index (χ4n) is 3.45. The Kier molecular flexibility index (Phi) is 7.03. The van der Waals surface area contributed by atoms with Crippen molar-refractivity contribution in [2.45, 2.75) is 13.3 Å². The first-order valence-electron chi connectivity index (χ1n) is 10.4. The summed E-state index contributed by atoms with van der Waals surface area (Å²) in [5.74, 6) is 0.345. The third-order valence-corrected chi connectivity index (χ3v) is 5.61. The van der Waals surface area contributed by atoms with Crippen molar-refractivity contribution in [2.75, 3.05) is 17.2 Å². The summed E-state index contributed by atoms with van der Waals surface area (Å²) < 4.78 is 6.90. The van der Waals surface area contributed by atoms with E-state index in [4.69, 9.17) is 9.84 Å². The normalized spacial score (nSPS) is 10.6. The third kappa shape index (κ3) is 5.49. The summed E-state index contributed by atoms with van der Waals surface area (Å²) in [5, 5.41) is 14.9. The molecule has 0 saturated carbocycles. The van der Waals surface area contributed by atoms with Crippen LogP contribution in [0.5, 0.6) is 5.75 Å². The van der Waals surface area contributed by atoms with Gasteiger partial charge in [-0.25, -0.2) is 14.8 Å². The molecule has 3 N–H and O–H groups in total. The number of carbonyl (C=O) groups is 2. The summed E-state index contributed by atoms with van der Waals surface area (Å²) in [7, 11) is 0. The summed E-state index contributed by atoms with van der Waals surface area (Å²) in [4.78, 5) is 32.2. The number of aromatic nitrogens is 2. The number of nitrogens with zero attached hydrogens (tertiary/aromatic N) is 2. The molecule has 3 aromatic carbocycles. The molecule has 2 amide bonds. The van der Waals surface area contributed by atoms with E-state index in [-0.39, 0.29) is 5.91 Å². The molecule has 0 spiro atoms. The molecule has 0 radical (unpaired) electrons. The lowest BCUT2D eigenvalue weighted by molar-refractivity contribution is 0.102. The molecule has 0 aliphatic rings. The summed E-state index contributed by atoms with van der Waals surface area (Å²) in [5.41, 5.74) is 3.80. The zero-order chi connectivity index (χ0) is 24.1. The van der Waals surface area contributed by atoms with Crippen LogP contribution in [0.25, 0.3) is 10.9 Å². The third-order valence-electron chi connectivity index (χ3n) is 5.15. The van der Waals surface area contributed by atoms with Crippen LogP contribution >= 0.6 is 15.9 Å². The van der Waals surface area contributed by atoms with Gasteiger partial charge in [-0.2, -0.15) is 0 Å². The molecule has 0 aliphatic carbocycles. The monoisotopic (exact) mass is 520 g/mol. The minimum absolute atomic E-state index is 0.303. The number of nitrogens with one attached hydrogen (secondary N) is 2. The van der Waals surface area contributed by atoms with Crippen LogP contribution in [0.2, 0.25) is 0 Å². The number of carbonyl (C=O) groups excluding carboxylic acids is 1. The molecule has 0 bridgehead atoms. The summed E-state index contributed by atoms with van der Waals surface area (Å²) in [6.07, 6.45) is 0.968. The molecule has 0 unspecified atom stereocenters. The van der Waals surface area contributed by atoms with Gasteiger partial charge in [-0.05, 0) is 48.9 Å². The molecule has 0 saturated heterocycles. The Morgan fingerprint density at radius 3 is 2.41 bits per heavy atom. The predicted octanol–water partition coefficient (Wildman–Crippen LogP) is 5.66. The van der Waals surface area contributed by atoms with E-state index in [0.29, 0.717) is 35.7 Å². The van der Waals surface area contributed by atoms with Gasteiger partial charge >= 0.3 is 6.09 Å². The maximum absolute atomic E-state index is 12.6. The van der Waals surface area contributed by atoms with Crippen LogP contribution < -0.4 is 15.4 Å². The highest BCUT2D eigenvalue weighted by Crippen LogP contribution is 2.30. The largest absolute Gasteiger partial charge is 0.491 e. The van der Waals surface area contributed by atoms with E-state index in [2.05, 4.69) is 36.5 Å². The maximum atomic E-state index is 12.6. The molecule has 1 heterocycles. The molecule has 172 valence electrons. The Balaban J connectivity index is 1.39. The SMILES string of the molecule is Cc1ncnc2c(OCCc3ccc(C(=O)Nc4ccccc4NC(=O)O)cc3)cc(Br)cc12. The van der Waals surface area contributed by atoms with Gasteiger partial charge < -0.3 is 15.2 Å². The molecule has 1 aromatic heterocycles. The number of ether oxygens (including phenoxy) is 1. The average Bonchev–Trinajstić information content (AvgIpc) is 2.81. The highest BCUT2D eigenvalue weighted by atomic mass is 79.9. The molecular weight excluding hydrogens is 500 g/mol. The van der Waals surface area contributed by atoms with E-state index >= 15 is 0 Å². The van der Waals surface area contributed by atoms with Gasteiger partial charge in [0.1, 0.15) is 17.6 Å². The van der Waals surface area contributed by atoms with E-state index in [0.717, 1.165) is 26.6 Å². The number of amides is 2. The Morgan fingerprint density at radius 2 is 1.71 bits per heavy atom. The summed E-state index contributed by atoms with van der Waals surface area (Å²) in [6, 6.07) is 17.6. The minimum Gasteiger partial charge on any atom is -0.491 e. The zero-order valence-corrected chi connectivity index (χ0v) is 19.8. The Labute approximate surface area is 204 Å². The number of hydrogen-bond donors (Lipinski definition) is 3.